The zero-order valence-electron chi connectivity index (χ0n) is 31.6. The summed E-state index contributed by atoms with van der Waals surface area (Å²) in [6.45, 7) is 22.4. The van der Waals surface area contributed by atoms with E-state index in [9.17, 15) is 0 Å². The highest BCUT2D eigenvalue weighted by Crippen LogP contribution is 2.67. The second-order valence-corrected chi connectivity index (χ2v) is 19.0. The van der Waals surface area contributed by atoms with E-state index in [0.29, 0.717) is 5.92 Å². The third-order valence-corrected chi connectivity index (χ3v) is 14.9. The molecule has 0 amide bonds. The van der Waals surface area contributed by atoms with Gasteiger partial charge in [-0.25, -0.2) is 0 Å². The van der Waals surface area contributed by atoms with Gasteiger partial charge in [-0.3, -0.25) is 0 Å². The van der Waals surface area contributed by atoms with Gasteiger partial charge in [-0.05, 0) is 104 Å². The summed E-state index contributed by atoms with van der Waals surface area (Å²) >= 11 is 0. The van der Waals surface area contributed by atoms with Gasteiger partial charge in [-0.15, -0.1) is 0 Å². The third-order valence-electron chi connectivity index (χ3n) is 14.9. The first-order valence-electron chi connectivity index (χ1n) is 19.4. The van der Waals surface area contributed by atoms with Gasteiger partial charge in [0.25, 0.3) is 0 Å². The molecular formula is C49H51B. The minimum atomic E-state index is -0.0246. The summed E-state index contributed by atoms with van der Waals surface area (Å²) in [4.78, 5) is 0. The van der Waals surface area contributed by atoms with E-state index >= 15 is 0 Å². The Bertz CT molecular complexity index is 2310. The van der Waals surface area contributed by atoms with Gasteiger partial charge in [0.15, 0.2) is 0 Å². The first kappa shape index (κ1) is 30.9. The van der Waals surface area contributed by atoms with Crippen LogP contribution in [0.2, 0.25) is 0 Å². The van der Waals surface area contributed by atoms with Crippen LogP contribution in [0.1, 0.15) is 147 Å². The number of hydrogen-bond acceptors (Lipinski definition) is 0. The van der Waals surface area contributed by atoms with Crippen LogP contribution in [0.5, 0.6) is 0 Å². The zero-order chi connectivity index (χ0) is 34.7. The highest BCUT2D eigenvalue weighted by molar-refractivity contribution is 6.97. The lowest BCUT2D eigenvalue weighted by Crippen LogP contribution is -2.63. The molecule has 2 aliphatic heterocycles. The quantitative estimate of drug-likeness (QED) is 0.155. The molecule has 4 unspecified atom stereocenters. The molecule has 0 radical (unpaired) electrons. The van der Waals surface area contributed by atoms with E-state index in [0.717, 1.165) is 0 Å². The molecule has 10 rings (SSSR count). The van der Waals surface area contributed by atoms with E-state index in [4.69, 9.17) is 0 Å². The predicted molar refractivity (Wildman–Crippen MR) is 213 cm³/mol. The number of aryl methyl sites for hydroxylation is 2. The summed E-state index contributed by atoms with van der Waals surface area (Å²) in [5.41, 5.74) is 24.9. The molecule has 0 nitrogen and oxygen atoms in total. The molecule has 50 heavy (non-hydrogen) atoms. The summed E-state index contributed by atoms with van der Waals surface area (Å²) in [5, 5.41) is 0. The van der Waals surface area contributed by atoms with Crippen molar-refractivity contribution in [1.29, 1.82) is 0 Å². The molecular weight excluding hydrogens is 599 g/mol. The van der Waals surface area contributed by atoms with Crippen molar-refractivity contribution in [2.45, 2.75) is 116 Å². The standard InChI is InChI=1S/C49H51B/c1-28-19-20-39-33(23-28)41(32-16-14-18-37-42(32)31-15-10-11-17-36(31)47(37,6)7)34-24-29(2)25-35-44-43-38(48(8)21-12-13-22-49(44,48)9)26-30(46(3,4)5)27-40(43)50(39)45(34)35/h10-11,14-20,23-27,41,44H,12-13,21-22H2,1-9H3. The first-order valence-corrected chi connectivity index (χ1v) is 19.4. The average molecular weight is 651 g/mol. The van der Waals surface area contributed by atoms with Crippen LogP contribution in [0.3, 0.4) is 0 Å². The fourth-order valence-electron chi connectivity index (χ4n) is 12.3. The van der Waals surface area contributed by atoms with Gasteiger partial charge >= 0.3 is 0 Å². The Hall–Kier alpha value is -3.84. The lowest BCUT2D eigenvalue weighted by atomic mass is 9.28. The number of benzene rings is 5. The van der Waals surface area contributed by atoms with Crippen LogP contribution in [0.15, 0.2) is 84.9 Å². The summed E-state index contributed by atoms with van der Waals surface area (Å²) in [6.07, 6.45) is 5.27. The van der Waals surface area contributed by atoms with Crippen molar-refractivity contribution in [3.63, 3.8) is 0 Å². The molecule has 0 bridgehead atoms. The minimum absolute atomic E-state index is 0.0246. The first-order chi connectivity index (χ1) is 23.8. The van der Waals surface area contributed by atoms with Gasteiger partial charge in [0.05, 0.1) is 0 Å². The van der Waals surface area contributed by atoms with E-state index in [1.807, 2.05) is 0 Å². The summed E-state index contributed by atoms with van der Waals surface area (Å²) in [6, 6.07) is 34.5. The van der Waals surface area contributed by atoms with Gasteiger partial charge in [0, 0.05) is 17.3 Å². The maximum absolute atomic E-state index is 2.69. The molecule has 0 spiro atoms. The van der Waals surface area contributed by atoms with Crippen molar-refractivity contribution in [1.82, 2.24) is 0 Å². The van der Waals surface area contributed by atoms with E-state index in [1.54, 1.807) is 33.2 Å². The second-order valence-electron chi connectivity index (χ2n) is 19.0. The van der Waals surface area contributed by atoms with Crippen molar-refractivity contribution in [2.24, 2.45) is 5.41 Å². The zero-order valence-corrected chi connectivity index (χ0v) is 31.6. The summed E-state index contributed by atoms with van der Waals surface area (Å²) in [7, 11) is 0. The Morgan fingerprint density at radius 1 is 0.640 bits per heavy atom. The highest BCUT2D eigenvalue weighted by Gasteiger charge is 2.62. The second kappa shape index (κ2) is 9.73. The molecule has 250 valence electrons. The topological polar surface area (TPSA) is 0 Å². The van der Waals surface area contributed by atoms with Crippen LogP contribution in [-0.4, -0.2) is 6.71 Å². The van der Waals surface area contributed by atoms with Crippen LogP contribution in [-0.2, 0) is 16.2 Å². The molecule has 0 N–H and O–H groups in total. The lowest BCUT2D eigenvalue weighted by Gasteiger charge is -2.50. The van der Waals surface area contributed by atoms with E-state index in [2.05, 4.69) is 147 Å². The Morgan fingerprint density at radius 3 is 2.16 bits per heavy atom. The predicted octanol–water partition coefficient (Wildman–Crippen LogP) is 10.2. The summed E-state index contributed by atoms with van der Waals surface area (Å²) < 4.78 is 0. The minimum Gasteiger partial charge on any atom is -0.0664 e. The van der Waals surface area contributed by atoms with Gasteiger partial charge < -0.3 is 0 Å². The number of hydrogen-bond donors (Lipinski definition) is 0. The maximum Gasteiger partial charge on any atom is 0.242 e. The molecule has 1 heteroatoms. The van der Waals surface area contributed by atoms with Crippen molar-refractivity contribution in [2.75, 3.05) is 0 Å². The molecule has 0 aromatic heterocycles. The fourth-order valence-corrected chi connectivity index (χ4v) is 12.3. The van der Waals surface area contributed by atoms with E-state index < -0.39 is 0 Å². The normalized spacial score (nSPS) is 26.1. The molecule has 1 saturated carbocycles. The average Bonchev–Trinajstić information content (AvgIpc) is 3.44. The smallest absolute Gasteiger partial charge is 0.0664 e. The van der Waals surface area contributed by atoms with Gasteiger partial charge in [0.2, 0.25) is 6.71 Å². The van der Waals surface area contributed by atoms with Gasteiger partial charge in [-0.2, -0.15) is 0 Å². The van der Waals surface area contributed by atoms with Crippen molar-refractivity contribution in [3.05, 3.63) is 146 Å². The van der Waals surface area contributed by atoms with Crippen molar-refractivity contribution >= 4 is 23.1 Å². The van der Waals surface area contributed by atoms with Crippen LogP contribution in [0, 0.1) is 19.3 Å². The molecule has 5 aliphatic rings. The summed E-state index contributed by atoms with van der Waals surface area (Å²) in [5.74, 6) is 0.621. The fraction of sp³-hybridized carbons (Fsp3) is 0.388. The van der Waals surface area contributed by atoms with E-state index in [-0.39, 0.29) is 34.3 Å². The van der Waals surface area contributed by atoms with Crippen LogP contribution in [0.25, 0.3) is 11.1 Å². The van der Waals surface area contributed by atoms with Gasteiger partial charge in [-0.1, -0.05) is 174 Å². The van der Waals surface area contributed by atoms with Crippen molar-refractivity contribution in [3.8, 4) is 11.1 Å². The van der Waals surface area contributed by atoms with Crippen molar-refractivity contribution < 1.29 is 0 Å². The number of rotatable bonds is 1. The highest BCUT2D eigenvalue weighted by atomic mass is 14.6. The molecule has 4 atom stereocenters. The molecule has 0 saturated heterocycles. The van der Waals surface area contributed by atoms with Crippen LogP contribution < -0.4 is 16.4 Å². The molecule has 5 aromatic rings. The molecule has 3 aliphatic carbocycles. The number of fused-ring (bicyclic) bond motifs is 10. The van der Waals surface area contributed by atoms with Gasteiger partial charge in [0.1, 0.15) is 0 Å². The lowest BCUT2D eigenvalue weighted by molar-refractivity contribution is 0.0925. The Morgan fingerprint density at radius 2 is 1.36 bits per heavy atom. The monoisotopic (exact) mass is 650 g/mol. The largest absolute Gasteiger partial charge is 0.242 e. The Labute approximate surface area is 300 Å². The molecule has 2 heterocycles. The maximum atomic E-state index is 2.69. The van der Waals surface area contributed by atoms with E-state index in [1.165, 1.54) is 81.2 Å². The van der Waals surface area contributed by atoms with Crippen LogP contribution >= 0.6 is 0 Å². The Balaban J connectivity index is 1.34. The molecule has 5 aromatic carbocycles. The molecule has 1 fully saturated rings. The SMILES string of the molecule is Cc1ccc2c(c1)C(c1cccc3c1-c1ccccc1C3(C)C)c1cc(C)cc3c1B2c1cc(C(C)(C)C)cc2c1C3C1(C)CCCCC21C. The van der Waals surface area contributed by atoms with Crippen LogP contribution in [0.4, 0.5) is 0 Å². The Kier molecular flexibility index (Phi) is 6.02. The third kappa shape index (κ3) is 3.65.